The number of rotatable bonds is 6. The molecule has 2 aliphatic rings. The number of carbonyl (C=O) groups is 3. The second-order valence-electron chi connectivity index (χ2n) is 9.59. The lowest BCUT2D eigenvalue weighted by molar-refractivity contribution is -0.144. The summed E-state index contributed by atoms with van der Waals surface area (Å²) in [6.07, 6.45) is 2.99. The molecule has 0 aliphatic carbocycles. The number of aryl methyl sites for hydroxylation is 1. The smallest absolute Gasteiger partial charge is 0.256 e. The first-order valence-corrected chi connectivity index (χ1v) is 11.9. The zero-order valence-electron chi connectivity index (χ0n) is 20.1. The second-order valence-corrected chi connectivity index (χ2v) is 9.59. The van der Waals surface area contributed by atoms with E-state index in [1.165, 1.54) is 0 Å². The van der Waals surface area contributed by atoms with Gasteiger partial charge in [0, 0.05) is 37.9 Å². The molecule has 1 aromatic carbocycles. The van der Waals surface area contributed by atoms with Crippen LogP contribution in [0.3, 0.4) is 0 Å². The molecule has 2 saturated heterocycles. The number of hydrogen-bond donors (Lipinski definition) is 1. The molecule has 0 bridgehead atoms. The number of benzene rings is 1. The first-order valence-electron chi connectivity index (χ1n) is 11.9. The normalized spacial score (nSPS) is 19.6. The molecule has 2 aromatic rings. The van der Waals surface area contributed by atoms with Gasteiger partial charge in [-0.15, -0.1) is 0 Å². The topological polar surface area (TPSA) is 92.1 Å². The Kier molecular flexibility index (Phi) is 7.07. The van der Waals surface area contributed by atoms with Gasteiger partial charge in [-0.05, 0) is 37.1 Å². The summed E-state index contributed by atoms with van der Waals surface area (Å²) in [4.78, 5) is 42.9. The molecule has 34 heavy (non-hydrogen) atoms. The molecule has 3 heterocycles. The Morgan fingerprint density at radius 2 is 1.82 bits per heavy atom. The Balaban J connectivity index is 1.54. The summed E-state index contributed by atoms with van der Waals surface area (Å²) in [6, 6.07) is 10.1. The van der Waals surface area contributed by atoms with E-state index in [0.29, 0.717) is 43.7 Å². The minimum absolute atomic E-state index is 0.113. The van der Waals surface area contributed by atoms with Gasteiger partial charge in [0.1, 0.15) is 17.5 Å². The number of amides is 3. The highest BCUT2D eigenvalue weighted by atomic mass is 16.5. The molecule has 1 atom stereocenters. The van der Waals surface area contributed by atoms with E-state index in [4.69, 9.17) is 9.15 Å². The van der Waals surface area contributed by atoms with Gasteiger partial charge in [-0.1, -0.05) is 31.5 Å². The Labute approximate surface area is 200 Å². The van der Waals surface area contributed by atoms with Crippen LogP contribution in [-0.2, 0) is 20.9 Å². The maximum atomic E-state index is 13.7. The maximum absolute atomic E-state index is 13.7. The van der Waals surface area contributed by atoms with Crippen molar-refractivity contribution in [3.05, 3.63) is 59.5 Å². The fourth-order valence-electron chi connectivity index (χ4n) is 4.69. The second kappa shape index (κ2) is 10.0. The molecule has 0 radical (unpaired) electrons. The zero-order valence-corrected chi connectivity index (χ0v) is 20.1. The number of furan rings is 1. The summed E-state index contributed by atoms with van der Waals surface area (Å²) < 4.78 is 11.5. The molecule has 0 saturated carbocycles. The van der Waals surface area contributed by atoms with E-state index in [1.807, 2.05) is 37.8 Å². The van der Waals surface area contributed by atoms with Crippen LogP contribution in [-0.4, -0.2) is 59.0 Å². The third-order valence-electron chi connectivity index (χ3n) is 6.58. The average Bonchev–Trinajstić information content (AvgIpc) is 3.46. The Morgan fingerprint density at radius 1 is 1.12 bits per heavy atom. The predicted molar refractivity (Wildman–Crippen MR) is 126 cm³/mol. The van der Waals surface area contributed by atoms with Crippen molar-refractivity contribution in [2.75, 3.05) is 19.7 Å². The van der Waals surface area contributed by atoms with Gasteiger partial charge in [-0.25, -0.2) is 0 Å². The summed E-state index contributed by atoms with van der Waals surface area (Å²) >= 11 is 0. The third-order valence-corrected chi connectivity index (χ3v) is 6.58. The van der Waals surface area contributed by atoms with Gasteiger partial charge in [-0.2, -0.15) is 0 Å². The molecule has 2 aliphatic heterocycles. The molecule has 1 unspecified atom stereocenters. The van der Waals surface area contributed by atoms with Crippen LogP contribution in [0.4, 0.5) is 0 Å². The van der Waals surface area contributed by atoms with Crippen molar-refractivity contribution in [1.29, 1.82) is 0 Å². The fraction of sp³-hybridized carbons (Fsp3) is 0.500. The third kappa shape index (κ3) is 5.01. The lowest BCUT2D eigenvalue weighted by atomic mass is 9.95. The van der Waals surface area contributed by atoms with E-state index >= 15 is 0 Å². The Hall–Kier alpha value is -3.13. The number of nitrogens with zero attached hydrogens (tertiary/aromatic N) is 2. The minimum Gasteiger partial charge on any atom is -0.467 e. The van der Waals surface area contributed by atoms with E-state index in [1.54, 1.807) is 35.4 Å². The molecule has 4 rings (SSSR count). The average molecular weight is 468 g/mol. The van der Waals surface area contributed by atoms with Crippen molar-refractivity contribution in [1.82, 2.24) is 15.1 Å². The van der Waals surface area contributed by atoms with E-state index in [-0.39, 0.29) is 36.8 Å². The maximum Gasteiger partial charge on any atom is 0.256 e. The number of likely N-dealkylation sites (tertiary alicyclic amines) is 1. The summed E-state index contributed by atoms with van der Waals surface area (Å²) in [6.45, 7) is 7.34. The summed E-state index contributed by atoms with van der Waals surface area (Å²) in [7, 11) is 0. The van der Waals surface area contributed by atoms with Crippen LogP contribution in [0.1, 0.15) is 54.8 Å². The Bertz CT molecular complexity index is 1010. The van der Waals surface area contributed by atoms with Crippen molar-refractivity contribution in [3.63, 3.8) is 0 Å². The van der Waals surface area contributed by atoms with Crippen LogP contribution in [0.5, 0.6) is 0 Å². The van der Waals surface area contributed by atoms with Gasteiger partial charge in [-0.3, -0.25) is 19.3 Å². The van der Waals surface area contributed by atoms with Crippen molar-refractivity contribution >= 4 is 17.7 Å². The highest BCUT2D eigenvalue weighted by Gasteiger charge is 2.54. The van der Waals surface area contributed by atoms with Crippen molar-refractivity contribution in [3.8, 4) is 0 Å². The number of nitrogens with one attached hydrogen (secondary N) is 1. The molecule has 1 N–H and O–H groups in total. The van der Waals surface area contributed by atoms with Crippen LogP contribution in [0.2, 0.25) is 0 Å². The zero-order chi connectivity index (χ0) is 24.3. The molecule has 8 nitrogen and oxygen atoms in total. The molecule has 182 valence electrons. The lowest BCUT2D eigenvalue weighted by Gasteiger charge is -2.44. The molecule has 2 fully saturated rings. The van der Waals surface area contributed by atoms with Gasteiger partial charge in [0.15, 0.2) is 0 Å². The van der Waals surface area contributed by atoms with Gasteiger partial charge in [0.05, 0.1) is 19.4 Å². The molecular formula is C26H33N3O5. The predicted octanol–water partition coefficient (Wildman–Crippen LogP) is 3.11. The summed E-state index contributed by atoms with van der Waals surface area (Å²) in [5.74, 6) is 0.514. The monoisotopic (exact) mass is 467 g/mol. The first kappa shape index (κ1) is 24.0. The molecular weight excluding hydrogens is 434 g/mol. The fourth-order valence-corrected chi connectivity index (χ4v) is 4.69. The number of hydrogen-bond acceptors (Lipinski definition) is 5. The van der Waals surface area contributed by atoms with Crippen LogP contribution in [0, 0.1) is 12.8 Å². The highest BCUT2D eigenvalue weighted by Crippen LogP contribution is 2.38. The van der Waals surface area contributed by atoms with E-state index in [9.17, 15) is 14.4 Å². The highest BCUT2D eigenvalue weighted by molar-refractivity contribution is 5.98. The van der Waals surface area contributed by atoms with E-state index in [0.717, 1.165) is 5.56 Å². The van der Waals surface area contributed by atoms with Crippen molar-refractivity contribution in [2.45, 2.75) is 58.3 Å². The Morgan fingerprint density at radius 3 is 2.44 bits per heavy atom. The lowest BCUT2D eigenvalue weighted by Crippen LogP contribution is -2.59. The molecule has 3 amide bonds. The van der Waals surface area contributed by atoms with Crippen LogP contribution in [0.25, 0.3) is 0 Å². The van der Waals surface area contributed by atoms with Crippen molar-refractivity contribution < 1.29 is 23.5 Å². The number of piperidine rings is 1. The number of carbonyl (C=O) groups excluding carboxylic acids is 3. The number of ether oxygens (including phenoxy) is 1. The first-order chi connectivity index (χ1) is 16.3. The summed E-state index contributed by atoms with van der Waals surface area (Å²) in [5.41, 5.74) is 0.648. The van der Waals surface area contributed by atoms with Gasteiger partial charge < -0.3 is 19.4 Å². The van der Waals surface area contributed by atoms with Gasteiger partial charge in [0.25, 0.3) is 5.91 Å². The van der Waals surface area contributed by atoms with Gasteiger partial charge >= 0.3 is 0 Å². The minimum atomic E-state index is -0.913. The van der Waals surface area contributed by atoms with E-state index < -0.39 is 11.8 Å². The van der Waals surface area contributed by atoms with Crippen LogP contribution in [0.15, 0.2) is 47.1 Å². The molecule has 1 spiro atoms. The largest absolute Gasteiger partial charge is 0.467 e. The summed E-state index contributed by atoms with van der Waals surface area (Å²) in [5, 5.41) is 2.87. The van der Waals surface area contributed by atoms with Crippen molar-refractivity contribution in [2.24, 2.45) is 5.92 Å². The SMILES string of the molecule is Cc1ccc(C(=O)N2C(C(=O)NCc3ccco3)COC23CCN(C(=O)CC(C)C)CC3)cc1. The van der Waals surface area contributed by atoms with E-state index in [2.05, 4.69) is 5.32 Å². The standard InChI is InChI=1S/C26H33N3O5/c1-18(2)15-23(30)28-12-10-26(11-13-28)29(25(32)20-8-6-19(3)7-9-20)22(17-34-26)24(31)27-16-21-5-4-14-33-21/h4-9,14,18,22H,10-13,15-17H2,1-3H3,(H,27,31). The molecule has 1 aromatic heterocycles. The molecule has 8 heteroatoms. The van der Waals surface area contributed by atoms with Crippen LogP contribution >= 0.6 is 0 Å². The quantitative estimate of drug-likeness (QED) is 0.705. The van der Waals surface area contributed by atoms with Gasteiger partial charge in [0.2, 0.25) is 11.8 Å². The van der Waals surface area contributed by atoms with Crippen LogP contribution < -0.4 is 5.32 Å².